The molecular weight excluding hydrogens is 245 g/mol. The minimum Gasteiger partial charge on any atom is -0.406 e. The second-order valence-corrected chi connectivity index (χ2v) is 3.98. The third-order valence-electron chi connectivity index (χ3n) is 2.46. The van der Waals surface area contributed by atoms with Crippen LogP contribution in [0, 0.1) is 12.8 Å². The first kappa shape index (κ1) is 14.5. The molecule has 1 aromatic carbocycles. The van der Waals surface area contributed by atoms with Crippen molar-refractivity contribution in [3.05, 3.63) is 36.8 Å². The highest BCUT2D eigenvalue weighted by atomic mass is 19.4. The molecule has 0 aliphatic carbocycles. The summed E-state index contributed by atoms with van der Waals surface area (Å²) in [5.41, 5.74) is 0.380. The average molecular weight is 259 g/mol. The van der Waals surface area contributed by atoms with E-state index in [1.54, 1.807) is 6.92 Å². The Hall–Kier alpha value is -1.52. The minimum absolute atomic E-state index is 0.0998. The number of ketones is 1. The van der Waals surface area contributed by atoms with Crippen molar-refractivity contribution in [2.45, 2.75) is 26.1 Å². The Bertz CT molecular complexity index is 396. The van der Waals surface area contributed by atoms with Gasteiger partial charge in [-0.1, -0.05) is 20.3 Å². The van der Waals surface area contributed by atoms with Crippen molar-refractivity contribution >= 4 is 5.78 Å². The molecule has 0 heterocycles. The van der Waals surface area contributed by atoms with Crippen LogP contribution in [0.5, 0.6) is 5.75 Å². The molecule has 18 heavy (non-hydrogen) atoms. The lowest BCUT2D eigenvalue weighted by Gasteiger charge is -2.11. The van der Waals surface area contributed by atoms with E-state index in [4.69, 9.17) is 0 Å². The van der Waals surface area contributed by atoms with Crippen LogP contribution in [0.25, 0.3) is 0 Å². The first-order valence-corrected chi connectivity index (χ1v) is 5.52. The summed E-state index contributed by atoms with van der Waals surface area (Å²) in [6.07, 6.45) is -3.42. The Morgan fingerprint density at radius 2 is 1.89 bits per heavy atom. The van der Waals surface area contributed by atoms with Crippen LogP contribution in [0.1, 0.15) is 30.1 Å². The molecule has 2 nitrogen and oxygen atoms in total. The maximum atomic E-state index is 11.9. The molecule has 0 bridgehead atoms. The number of alkyl halides is 3. The van der Waals surface area contributed by atoms with Gasteiger partial charge in [-0.2, -0.15) is 0 Å². The largest absolute Gasteiger partial charge is 0.573 e. The highest BCUT2D eigenvalue weighted by Gasteiger charge is 2.31. The molecule has 1 radical (unpaired) electrons. The van der Waals surface area contributed by atoms with E-state index in [0.29, 0.717) is 18.4 Å². The van der Waals surface area contributed by atoms with E-state index >= 15 is 0 Å². The monoisotopic (exact) mass is 259 g/mol. The molecule has 1 aromatic rings. The van der Waals surface area contributed by atoms with Gasteiger partial charge in [0.05, 0.1) is 0 Å². The standard InChI is InChI=1S/C13H14F3O2/c1-3-4-9(2)12(17)10-5-7-11(8-6-10)18-13(14,15)16/h5-9H,1,3-4H2,2H3. The lowest BCUT2D eigenvalue weighted by atomic mass is 9.95. The fraction of sp³-hybridized carbons (Fsp3) is 0.385. The molecule has 0 aromatic heterocycles. The van der Waals surface area contributed by atoms with Crippen molar-refractivity contribution in [1.82, 2.24) is 0 Å². The van der Waals surface area contributed by atoms with Crippen LogP contribution in [-0.2, 0) is 0 Å². The van der Waals surface area contributed by atoms with Gasteiger partial charge in [0.2, 0.25) is 0 Å². The Kier molecular flexibility index (Phi) is 4.76. The molecule has 0 saturated heterocycles. The van der Waals surface area contributed by atoms with Crippen molar-refractivity contribution in [2.75, 3.05) is 0 Å². The van der Waals surface area contributed by atoms with Crippen molar-refractivity contribution in [3.8, 4) is 5.75 Å². The summed E-state index contributed by atoms with van der Waals surface area (Å²) >= 11 is 0. The lowest BCUT2D eigenvalue weighted by Crippen LogP contribution is -2.17. The van der Waals surface area contributed by atoms with E-state index < -0.39 is 6.36 Å². The number of carbonyl (C=O) groups is 1. The van der Waals surface area contributed by atoms with Gasteiger partial charge in [-0.15, -0.1) is 13.2 Å². The van der Waals surface area contributed by atoms with Crippen LogP contribution in [0.2, 0.25) is 0 Å². The van der Waals surface area contributed by atoms with E-state index in [1.807, 2.05) is 0 Å². The molecule has 0 amide bonds. The first-order chi connectivity index (χ1) is 8.33. The van der Waals surface area contributed by atoms with E-state index in [9.17, 15) is 18.0 Å². The van der Waals surface area contributed by atoms with Crippen molar-refractivity contribution in [1.29, 1.82) is 0 Å². The molecule has 0 saturated carbocycles. The topological polar surface area (TPSA) is 26.3 Å². The zero-order chi connectivity index (χ0) is 13.8. The van der Waals surface area contributed by atoms with Crippen LogP contribution in [0.4, 0.5) is 13.2 Å². The number of carbonyl (C=O) groups excluding carboxylic acids is 1. The number of hydrogen-bond donors (Lipinski definition) is 0. The van der Waals surface area contributed by atoms with Gasteiger partial charge in [-0.05, 0) is 30.7 Å². The van der Waals surface area contributed by atoms with Crippen molar-refractivity contribution in [3.63, 3.8) is 0 Å². The molecular formula is C13H14F3O2. The van der Waals surface area contributed by atoms with E-state index in [0.717, 1.165) is 12.1 Å². The molecule has 1 atom stereocenters. The average Bonchev–Trinajstić information content (AvgIpc) is 2.27. The Morgan fingerprint density at radius 3 is 2.33 bits per heavy atom. The number of Topliss-reactive ketones (excluding diaryl/α,β-unsaturated/α-hetero) is 1. The van der Waals surface area contributed by atoms with Gasteiger partial charge in [0.25, 0.3) is 0 Å². The van der Waals surface area contributed by atoms with Gasteiger partial charge in [-0.25, -0.2) is 0 Å². The molecule has 0 spiro atoms. The van der Waals surface area contributed by atoms with Gasteiger partial charge in [-0.3, -0.25) is 4.79 Å². The summed E-state index contributed by atoms with van der Waals surface area (Å²) < 4.78 is 39.5. The second-order valence-electron chi connectivity index (χ2n) is 3.98. The Balaban J connectivity index is 2.74. The zero-order valence-corrected chi connectivity index (χ0v) is 9.96. The number of ether oxygens (including phenoxy) is 1. The highest BCUT2D eigenvalue weighted by Crippen LogP contribution is 2.23. The molecule has 1 rings (SSSR count). The molecule has 0 N–H and O–H groups in total. The van der Waals surface area contributed by atoms with Crippen LogP contribution in [0.15, 0.2) is 24.3 Å². The normalized spacial score (nSPS) is 13.2. The summed E-state index contributed by atoms with van der Waals surface area (Å²) in [6, 6.07) is 4.95. The fourth-order valence-electron chi connectivity index (χ4n) is 1.54. The smallest absolute Gasteiger partial charge is 0.406 e. The number of hydrogen-bond acceptors (Lipinski definition) is 2. The van der Waals surface area contributed by atoms with Crippen LogP contribution in [-0.4, -0.2) is 12.1 Å². The van der Waals surface area contributed by atoms with Crippen molar-refractivity contribution < 1.29 is 22.7 Å². The first-order valence-electron chi connectivity index (χ1n) is 5.52. The van der Waals surface area contributed by atoms with Crippen molar-refractivity contribution in [2.24, 2.45) is 5.92 Å². The molecule has 0 aliphatic heterocycles. The van der Waals surface area contributed by atoms with E-state index in [1.165, 1.54) is 12.1 Å². The Morgan fingerprint density at radius 1 is 1.33 bits per heavy atom. The van der Waals surface area contributed by atoms with Gasteiger partial charge in [0.1, 0.15) is 5.75 Å². The maximum Gasteiger partial charge on any atom is 0.573 e. The van der Waals surface area contributed by atoms with Crippen LogP contribution >= 0.6 is 0 Å². The summed E-state index contributed by atoms with van der Waals surface area (Å²) in [4.78, 5) is 11.8. The summed E-state index contributed by atoms with van der Waals surface area (Å²) in [7, 11) is 0. The lowest BCUT2D eigenvalue weighted by molar-refractivity contribution is -0.274. The number of halogens is 3. The molecule has 0 fully saturated rings. The number of rotatable bonds is 5. The molecule has 0 aliphatic rings. The van der Waals surface area contributed by atoms with E-state index in [-0.39, 0.29) is 17.5 Å². The van der Waals surface area contributed by atoms with Crippen LogP contribution < -0.4 is 4.74 Å². The molecule has 99 valence electrons. The third kappa shape index (κ3) is 4.39. The highest BCUT2D eigenvalue weighted by molar-refractivity contribution is 5.97. The van der Waals surface area contributed by atoms with Gasteiger partial charge < -0.3 is 4.74 Å². The third-order valence-corrected chi connectivity index (χ3v) is 2.46. The Labute approximate surface area is 104 Å². The summed E-state index contributed by atoms with van der Waals surface area (Å²) in [5, 5.41) is 0. The summed E-state index contributed by atoms with van der Waals surface area (Å²) in [5.74, 6) is -0.613. The van der Waals surface area contributed by atoms with Gasteiger partial charge in [0.15, 0.2) is 5.78 Å². The SMILES string of the molecule is [CH2]CCC(C)C(=O)c1ccc(OC(F)(F)F)cc1. The molecule has 1 unspecified atom stereocenters. The second kappa shape index (κ2) is 5.89. The van der Waals surface area contributed by atoms with Gasteiger partial charge in [0, 0.05) is 11.5 Å². The quantitative estimate of drug-likeness (QED) is 0.746. The van der Waals surface area contributed by atoms with Crippen LogP contribution in [0.3, 0.4) is 0 Å². The van der Waals surface area contributed by atoms with Gasteiger partial charge >= 0.3 is 6.36 Å². The minimum atomic E-state index is -4.72. The fourth-order valence-corrected chi connectivity index (χ4v) is 1.54. The zero-order valence-electron chi connectivity index (χ0n) is 9.96. The maximum absolute atomic E-state index is 11.9. The number of benzene rings is 1. The summed E-state index contributed by atoms with van der Waals surface area (Å²) in [6.45, 7) is 5.43. The predicted molar refractivity (Wildman–Crippen MR) is 61.2 cm³/mol. The predicted octanol–water partition coefficient (Wildman–Crippen LogP) is 4.02. The molecule has 5 heteroatoms. The van der Waals surface area contributed by atoms with E-state index in [2.05, 4.69) is 11.7 Å².